The summed E-state index contributed by atoms with van der Waals surface area (Å²) in [6.07, 6.45) is 1.83. The van der Waals surface area contributed by atoms with Gasteiger partial charge in [-0.3, -0.25) is 9.78 Å². The van der Waals surface area contributed by atoms with Crippen molar-refractivity contribution in [1.29, 1.82) is 0 Å². The van der Waals surface area contributed by atoms with Gasteiger partial charge in [-0.05, 0) is 23.6 Å². The molecule has 0 bridgehead atoms. The average molecular weight is 222 g/mol. The molecular formula is C14H10N2O. The van der Waals surface area contributed by atoms with Crippen LogP contribution in [0.15, 0.2) is 48.7 Å². The van der Waals surface area contributed by atoms with Crippen molar-refractivity contribution in [1.82, 2.24) is 4.98 Å². The van der Waals surface area contributed by atoms with Gasteiger partial charge in [0.05, 0.1) is 5.52 Å². The van der Waals surface area contributed by atoms with E-state index >= 15 is 0 Å². The first-order valence-corrected chi connectivity index (χ1v) is 5.33. The second-order valence-corrected chi connectivity index (χ2v) is 3.94. The number of benzene rings is 2. The van der Waals surface area contributed by atoms with Gasteiger partial charge in [-0.15, -0.1) is 0 Å². The Bertz CT molecular complexity index is 734. The number of carbonyl (C=O) groups excluding carboxylic acids is 1. The van der Waals surface area contributed by atoms with E-state index in [4.69, 9.17) is 5.73 Å². The summed E-state index contributed by atoms with van der Waals surface area (Å²) in [4.78, 5) is 15.5. The van der Waals surface area contributed by atoms with Crippen molar-refractivity contribution in [2.24, 2.45) is 5.73 Å². The largest absolute Gasteiger partial charge is 0.366 e. The first-order valence-electron chi connectivity index (χ1n) is 5.33. The van der Waals surface area contributed by atoms with Crippen molar-refractivity contribution in [3.8, 4) is 0 Å². The van der Waals surface area contributed by atoms with Gasteiger partial charge in [0, 0.05) is 22.5 Å². The Hall–Kier alpha value is -2.42. The van der Waals surface area contributed by atoms with E-state index in [-0.39, 0.29) is 0 Å². The first kappa shape index (κ1) is 9.78. The third-order valence-corrected chi connectivity index (χ3v) is 2.87. The summed E-state index contributed by atoms with van der Waals surface area (Å²) in [5.74, 6) is -0.417. The highest BCUT2D eigenvalue weighted by Crippen LogP contribution is 2.23. The highest BCUT2D eigenvalue weighted by atomic mass is 16.1. The molecule has 0 fully saturated rings. The Kier molecular flexibility index (Phi) is 2.05. The van der Waals surface area contributed by atoms with Gasteiger partial charge in [0.2, 0.25) is 5.91 Å². The molecule has 0 atom stereocenters. The van der Waals surface area contributed by atoms with Crippen molar-refractivity contribution in [2.75, 3.05) is 0 Å². The lowest BCUT2D eigenvalue weighted by Crippen LogP contribution is -2.10. The monoisotopic (exact) mass is 222 g/mol. The fraction of sp³-hybridized carbons (Fsp3) is 0. The van der Waals surface area contributed by atoms with Crippen LogP contribution in [-0.4, -0.2) is 10.9 Å². The van der Waals surface area contributed by atoms with Crippen LogP contribution in [0.2, 0.25) is 0 Å². The number of aromatic nitrogens is 1. The topological polar surface area (TPSA) is 56.0 Å². The molecule has 17 heavy (non-hydrogen) atoms. The minimum absolute atomic E-state index is 0.417. The molecule has 1 aromatic heterocycles. The van der Waals surface area contributed by atoms with Crippen LogP contribution in [-0.2, 0) is 0 Å². The van der Waals surface area contributed by atoms with Crippen molar-refractivity contribution >= 4 is 27.6 Å². The fourth-order valence-corrected chi connectivity index (χ4v) is 2.01. The molecule has 0 spiro atoms. The average Bonchev–Trinajstić information content (AvgIpc) is 2.38. The quantitative estimate of drug-likeness (QED) is 0.643. The number of pyridine rings is 1. The highest BCUT2D eigenvalue weighted by molar-refractivity contribution is 6.08. The molecule has 2 N–H and O–H groups in total. The van der Waals surface area contributed by atoms with Gasteiger partial charge < -0.3 is 5.73 Å². The molecule has 0 unspecified atom stereocenters. The maximum atomic E-state index is 11.2. The minimum atomic E-state index is -0.417. The van der Waals surface area contributed by atoms with Crippen LogP contribution in [0.25, 0.3) is 21.7 Å². The van der Waals surface area contributed by atoms with Crippen LogP contribution in [0.3, 0.4) is 0 Å². The predicted octanol–water partition coefficient (Wildman–Crippen LogP) is 2.49. The molecule has 0 saturated carbocycles. The number of nitrogens with two attached hydrogens (primary N) is 1. The Morgan fingerprint density at radius 2 is 1.88 bits per heavy atom. The lowest BCUT2D eigenvalue weighted by Gasteiger charge is -2.04. The van der Waals surface area contributed by atoms with Crippen LogP contribution >= 0.6 is 0 Å². The second-order valence-electron chi connectivity index (χ2n) is 3.94. The van der Waals surface area contributed by atoms with E-state index in [0.717, 1.165) is 21.7 Å². The third-order valence-electron chi connectivity index (χ3n) is 2.87. The Labute approximate surface area is 97.9 Å². The van der Waals surface area contributed by atoms with E-state index in [2.05, 4.69) is 4.98 Å². The predicted molar refractivity (Wildman–Crippen MR) is 67.8 cm³/mol. The van der Waals surface area contributed by atoms with E-state index in [0.29, 0.717) is 5.56 Å². The van der Waals surface area contributed by atoms with Gasteiger partial charge in [-0.2, -0.15) is 0 Å². The van der Waals surface area contributed by atoms with Crippen LogP contribution < -0.4 is 5.73 Å². The summed E-state index contributed by atoms with van der Waals surface area (Å²) in [6.45, 7) is 0. The van der Waals surface area contributed by atoms with Gasteiger partial charge >= 0.3 is 0 Å². The third kappa shape index (κ3) is 1.52. The van der Waals surface area contributed by atoms with Gasteiger partial charge in [-0.25, -0.2) is 0 Å². The smallest absolute Gasteiger partial charge is 0.248 e. The minimum Gasteiger partial charge on any atom is -0.366 e. The van der Waals surface area contributed by atoms with Crippen molar-refractivity contribution < 1.29 is 4.79 Å². The van der Waals surface area contributed by atoms with Crippen molar-refractivity contribution in [3.05, 3.63) is 54.2 Å². The Morgan fingerprint density at radius 1 is 1.06 bits per heavy atom. The molecule has 0 saturated heterocycles. The number of fused-ring (bicyclic) bond motifs is 3. The van der Waals surface area contributed by atoms with E-state index in [1.807, 2.05) is 36.5 Å². The van der Waals surface area contributed by atoms with E-state index in [9.17, 15) is 4.79 Å². The van der Waals surface area contributed by atoms with Crippen LogP contribution in [0.4, 0.5) is 0 Å². The summed E-state index contributed by atoms with van der Waals surface area (Å²) >= 11 is 0. The summed E-state index contributed by atoms with van der Waals surface area (Å²) in [6, 6.07) is 13.3. The molecule has 0 aliphatic heterocycles. The number of carbonyl (C=O) groups is 1. The molecule has 3 rings (SSSR count). The van der Waals surface area contributed by atoms with Crippen molar-refractivity contribution in [3.63, 3.8) is 0 Å². The maximum Gasteiger partial charge on any atom is 0.248 e. The molecule has 0 aliphatic rings. The summed E-state index contributed by atoms with van der Waals surface area (Å²) < 4.78 is 0. The molecule has 1 heterocycles. The number of rotatable bonds is 1. The lowest BCUT2D eigenvalue weighted by atomic mass is 10.0. The SMILES string of the molecule is NC(=O)c1ccc2ncc3ccccc3c2c1. The second kappa shape index (κ2) is 3.56. The van der Waals surface area contributed by atoms with Gasteiger partial charge in [0.1, 0.15) is 0 Å². The highest BCUT2D eigenvalue weighted by Gasteiger charge is 2.05. The van der Waals surface area contributed by atoms with Crippen LogP contribution in [0, 0.1) is 0 Å². The Balaban J connectivity index is 2.46. The zero-order chi connectivity index (χ0) is 11.8. The zero-order valence-electron chi connectivity index (χ0n) is 9.05. The fourth-order valence-electron chi connectivity index (χ4n) is 2.01. The number of nitrogens with zero attached hydrogens (tertiary/aromatic N) is 1. The van der Waals surface area contributed by atoms with E-state index in [1.165, 1.54) is 0 Å². The molecule has 82 valence electrons. The van der Waals surface area contributed by atoms with Gasteiger partial charge in [-0.1, -0.05) is 24.3 Å². The summed E-state index contributed by atoms with van der Waals surface area (Å²) in [7, 11) is 0. The molecular weight excluding hydrogens is 212 g/mol. The summed E-state index contributed by atoms with van der Waals surface area (Å²) in [5.41, 5.74) is 6.67. The van der Waals surface area contributed by atoms with E-state index < -0.39 is 5.91 Å². The maximum absolute atomic E-state index is 11.2. The summed E-state index contributed by atoms with van der Waals surface area (Å²) in [5, 5.41) is 3.10. The standard InChI is InChI=1S/C14H10N2O/c15-14(17)9-5-6-13-12(7-9)11-4-2-1-3-10(11)8-16-13/h1-8H,(H2,15,17). The van der Waals surface area contributed by atoms with Crippen LogP contribution in [0.1, 0.15) is 10.4 Å². The number of primary amides is 1. The van der Waals surface area contributed by atoms with Crippen LogP contribution in [0.5, 0.6) is 0 Å². The molecule has 3 nitrogen and oxygen atoms in total. The zero-order valence-corrected chi connectivity index (χ0v) is 9.05. The Morgan fingerprint density at radius 3 is 2.71 bits per heavy atom. The first-order chi connectivity index (χ1) is 8.25. The molecule has 1 amide bonds. The van der Waals surface area contributed by atoms with E-state index in [1.54, 1.807) is 12.1 Å². The van der Waals surface area contributed by atoms with Crippen molar-refractivity contribution in [2.45, 2.75) is 0 Å². The van der Waals surface area contributed by atoms with Gasteiger partial charge in [0.15, 0.2) is 0 Å². The number of hydrogen-bond acceptors (Lipinski definition) is 2. The number of hydrogen-bond donors (Lipinski definition) is 1. The molecule has 0 radical (unpaired) electrons. The molecule has 3 aromatic rings. The lowest BCUT2D eigenvalue weighted by molar-refractivity contribution is 0.100. The normalized spacial score (nSPS) is 10.8. The molecule has 3 heteroatoms. The van der Waals surface area contributed by atoms with Gasteiger partial charge in [0.25, 0.3) is 0 Å². The molecule has 0 aliphatic carbocycles. The number of amides is 1. The molecule has 2 aromatic carbocycles.